The van der Waals surface area contributed by atoms with Crippen LogP contribution in [0.1, 0.15) is 73.8 Å². The van der Waals surface area contributed by atoms with Crippen LogP contribution in [0.25, 0.3) is 0 Å². The topological polar surface area (TPSA) is 153 Å². The number of amides is 4. The van der Waals surface area contributed by atoms with E-state index in [9.17, 15) is 28.8 Å². The van der Waals surface area contributed by atoms with Crippen molar-refractivity contribution in [1.82, 2.24) is 10.6 Å². The SMILES string of the molecule is O=C1Cc2oc(=O)c3c(c2C(=O)N1)CCC3.O=C1Cc2oc(=O)c3c(c2C(=O)N1)CCCC3. The molecule has 0 unspecified atom stereocenters. The summed E-state index contributed by atoms with van der Waals surface area (Å²) in [5, 5.41) is 4.51. The van der Waals surface area contributed by atoms with Gasteiger partial charge < -0.3 is 8.83 Å². The summed E-state index contributed by atoms with van der Waals surface area (Å²) >= 11 is 0. The summed E-state index contributed by atoms with van der Waals surface area (Å²) in [6.07, 6.45) is 5.46. The molecule has 0 spiro atoms. The Hall–Kier alpha value is -3.82. The Kier molecular flexibility index (Phi) is 5.07. The third-order valence-electron chi connectivity index (χ3n) is 6.37. The van der Waals surface area contributed by atoms with Crippen molar-refractivity contribution in [2.24, 2.45) is 0 Å². The summed E-state index contributed by atoms with van der Waals surface area (Å²) in [7, 11) is 0. The first-order valence-electron chi connectivity index (χ1n) is 10.9. The van der Waals surface area contributed by atoms with Crippen molar-refractivity contribution < 1.29 is 28.0 Å². The molecule has 0 aromatic carbocycles. The predicted molar refractivity (Wildman–Crippen MR) is 111 cm³/mol. The van der Waals surface area contributed by atoms with E-state index in [4.69, 9.17) is 8.83 Å². The first-order valence-corrected chi connectivity index (χ1v) is 10.9. The molecular formula is C23H20N2O8. The number of imide groups is 2. The predicted octanol–water partition coefficient (Wildman–Crippen LogP) is 0.272. The molecule has 170 valence electrons. The van der Waals surface area contributed by atoms with Gasteiger partial charge in [0.05, 0.1) is 24.0 Å². The lowest BCUT2D eigenvalue weighted by Gasteiger charge is -2.21. The Morgan fingerprint density at radius 2 is 0.909 bits per heavy atom. The van der Waals surface area contributed by atoms with E-state index >= 15 is 0 Å². The standard InChI is InChI=1S/C12H11NO4.C11H9NO4/c14-9-5-8-10(11(15)13-9)6-3-1-2-4-7(6)12(16)17-8;13-8-4-7-9(10(14)12-8)5-2-1-3-6(5)11(15)16-7/h1-5H2,(H,13,14,15);1-4H2,(H,12,13,14). The number of carbonyl (C=O) groups is 4. The summed E-state index contributed by atoms with van der Waals surface area (Å²) in [5.41, 5.74) is 2.81. The zero-order valence-corrected chi connectivity index (χ0v) is 17.6. The monoisotopic (exact) mass is 452 g/mol. The van der Waals surface area contributed by atoms with E-state index in [-0.39, 0.29) is 30.0 Å². The first kappa shape index (κ1) is 21.0. The molecule has 2 N–H and O–H groups in total. The van der Waals surface area contributed by atoms with Crippen LogP contribution in [0, 0.1) is 0 Å². The lowest BCUT2D eigenvalue weighted by atomic mass is 9.87. The lowest BCUT2D eigenvalue weighted by Crippen LogP contribution is -2.39. The average molecular weight is 452 g/mol. The molecule has 2 aromatic heterocycles. The van der Waals surface area contributed by atoms with Gasteiger partial charge in [-0.05, 0) is 56.1 Å². The summed E-state index contributed by atoms with van der Waals surface area (Å²) in [5.74, 6) is -1.25. The van der Waals surface area contributed by atoms with Crippen LogP contribution in [0.4, 0.5) is 0 Å². The third kappa shape index (κ3) is 3.61. The van der Waals surface area contributed by atoms with Crippen molar-refractivity contribution in [1.29, 1.82) is 0 Å². The van der Waals surface area contributed by atoms with Crippen molar-refractivity contribution in [2.75, 3.05) is 0 Å². The molecule has 2 aliphatic heterocycles. The molecule has 0 saturated carbocycles. The van der Waals surface area contributed by atoms with Crippen LogP contribution in [0.3, 0.4) is 0 Å². The number of nitrogens with one attached hydrogen (secondary N) is 2. The summed E-state index contributed by atoms with van der Waals surface area (Å²) < 4.78 is 10.1. The molecule has 4 heterocycles. The van der Waals surface area contributed by atoms with Crippen LogP contribution in [0.2, 0.25) is 0 Å². The van der Waals surface area contributed by atoms with Gasteiger partial charge in [-0.3, -0.25) is 29.8 Å². The Balaban J connectivity index is 0.000000139. The second kappa shape index (κ2) is 7.95. The number of fused-ring (bicyclic) bond motifs is 6. The van der Waals surface area contributed by atoms with Crippen LogP contribution in [0.15, 0.2) is 18.4 Å². The molecule has 2 aromatic rings. The summed E-state index contributed by atoms with van der Waals surface area (Å²) in [4.78, 5) is 69.2. The van der Waals surface area contributed by atoms with E-state index in [0.29, 0.717) is 47.9 Å². The first-order chi connectivity index (χ1) is 15.8. The maximum absolute atomic E-state index is 11.8. The van der Waals surface area contributed by atoms with E-state index in [2.05, 4.69) is 10.6 Å². The zero-order chi connectivity index (χ0) is 23.3. The highest BCUT2D eigenvalue weighted by Crippen LogP contribution is 2.27. The molecule has 4 aliphatic rings. The van der Waals surface area contributed by atoms with Crippen LogP contribution in [-0.4, -0.2) is 23.6 Å². The van der Waals surface area contributed by atoms with Gasteiger partial charge in [0, 0.05) is 11.1 Å². The van der Waals surface area contributed by atoms with Gasteiger partial charge >= 0.3 is 11.3 Å². The van der Waals surface area contributed by atoms with E-state index in [0.717, 1.165) is 30.4 Å². The van der Waals surface area contributed by atoms with E-state index in [1.54, 1.807) is 0 Å². The van der Waals surface area contributed by atoms with Crippen LogP contribution < -0.4 is 21.9 Å². The fourth-order valence-corrected chi connectivity index (χ4v) is 4.97. The van der Waals surface area contributed by atoms with Gasteiger partial charge in [-0.25, -0.2) is 9.59 Å². The highest BCUT2D eigenvalue weighted by Gasteiger charge is 2.33. The Bertz CT molecular complexity index is 1360. The number of rotatable bonds is 0. The number of carbonyl (C=O) groups excluding carboxylic acids is 4. The highest BCUT2D eigenvalue weighted by molar-refractivity contribution is 6.10. The minimum atomic E-state index is -0.437. The zero-order valence-electron chi connectivity index (χ0n) is 17.6. The maximum atomic E-state index is 11.8. The van der Waals surface area contributed by atoms with Gasteiger partial charge in [0.15, 0.2) is 0 Å². The van der Waals surface area contributed by atoms with Crippen LogP contribution >= 0.6 is 0 Å². The molecule has 0 saturated heterocycles. The van der Waals surface area contributed by atoms with E-state index in [1.165, 1.54) is 0 Å². The smallest absolute Gasteiger partial charge is 0.339 e. The fourth-order valence-electron chi connectivity index (χ4n) is 4.97. The number of hydrogen-bond acceptors (Lipinski definition) is 8. The van der Waals surface area contributed by atoms with Crippen molar-refractivity contribution in [3.05, 3.63) is 65.7 Å². The Labute approximate surface area is 186 Å². The fraction of sp³-hybridized carbons (Fsp3) is 0.391. The number of hydrogen-bond donors (Lipinski definition) is 2. The molecule has 10 nitrogen and oxygen atoms in total. The molecule has 0 bridgehead atoms. The minimum absolute atomic E-state index is 0.0242. The molecule has 2 aliphatic carbocycles. The van der Waals surface area contributed by atoms with E-state index in [1.807, 2.05) is 0 Å². The molecule has 10 heteroatoms. The Morgan fingerprint density at radius 1 is 0.515 bits per heavy atom. The van der Waals surface area contributed by atoms with Gasteiger partial charge in [-0.15, -0.1) is 0 Å². The molecular weight excluding hydrogens is 432 g/mol. The second-order valence-corrected chi connectivity index (χ2v) is 8.46. The van der Waals surface area contributed by atoms with Crippen molar-refractivity contribution in [3.8, 4) is 0 Å². The van der Waals surface area contributed by atoms with Gasteiger partial charge in [0.25, 0.3) is 11.8 Å². The largest absolute Gasteiger partial charge is 0.426 e. The minimum Gasteiger partial charge on any atom is -0.426 e. The molecule has 33 heavy (non-hydrogen) atoms. The van der Waals surface area contributed by atoms with Crippen molar-refractivity contribution >= 4 is 23.6 Å². The third-order valence-corrected chi connectivity index (χ3v) is 6.37. The molecule has 0 radical (unpaired) electrons. The van der Waals surface area contributed by atoms with Gasteiger partial charge in [0.2, 0.25) is 11.8 Å². The normalized spacial score (nSPS) is 18.2. The lowest BCUT2D eigenvalue weighted by molar-refractivity contribution is -0.121. The van der Waals surface area contributed by atoms with Crippen molar-refractivity contribution in [2.45, 2.75) is 57.8 Å². The van der Waals surface area contributed by atoms with Crippen LogP contribution in [-0.2, 0) is 48.1 Å². The average Bonchev–Trinajstić information content (AvgIpc) is 3.24. The molecule has 6 rings (SSSR count). The highest BCUT2D eigenvalue weighted by atomic mass is 16.4. The second-order valence-electron chi connectivity index (χ2n) is 8.46. The van der Waals surface area contributed by atoms with Gasteiger partial charge in [-0.1, -0.05) is 0 Å². The van der Waals surface area contributed by atoms with E-state index < -0.39 is 29.3 Å². The summed E-state index contributed by atoms with van der Waals surface area (Å²) in [6, 6.07) is 0. The molecule has 0 fully saturated rings. The summed E-state index contributed by atoms with van der Waals surface area (Å²) in [6.45, 7) is 0. The van der Waals surface area contributed by atoms with Crippen molar-refractivity contribution in [3.63, 3.8) is 0 Å². The van der Waals surface area contributed by atoms with Crippen LogP contribution in [0.5, 0.6) is 0 Å². The van der Waals surface area contributed by atoms with Gasteiger partial charge in [0.1, 0.15) is 11.5 Å². The van der Waals surface area contributed by atoms with Gasteiger partial charge in [-0.2, -0.15) is 0 Å². The maximum Gasteiger partial charge on any atom is 0.339 e. The quantitative estimate of drug-likeness (QED) is 0.540. The molecule has 0 atom stereocenters. The molecule has 4 amide bonds. The Morgan fingerprint density at radius 3 is 1.39 bits per heavy atom.